The minimum absolute atomic E-state index is 0.133. The molecule has 0 unspecified atom stereocenters. The average molecular weight is 467 g/mol. The summed E-state index contributed by atoms with van der Waals surface area (Å²) in [4.78, 5) is 12.2. The fraction of sp³-hybridized carbons (Fsp3) is 0.143. The van der Waals surface area contributed by atoms with Gasteiger partial charge in [-0.1, -0.05) is 58.9 Å². The zero-order chi connectivity index (χ0) is 22.3. The van der Waals surface area contributed by atoms with Gasteiger partial charge < -0.3 is 4.57 Å². The predicted octanol–water partition coefficient (Wildman–Crippen LogP) is 3.15. The van der Waals surface area contributed by atoms with Crippen molar-refractivity contribution < 1.29 is 4.79 Å². The first-order valence-corrected chi connectivity index (χ1v) is 11.0. The molecule has 0 aliphatic carbocycles. The number of hydrazone groups is 1. The van der Waals surface area contributed by atoms with Gasteiger partial charge >= 0.3 is 0 Å². The molecule has 0 aliphatic rings. The number of benzene rings is 2. The Morgan fingerprint density at radius 3 is 2.91 bits per heavy atom. The van der Waals surface area contributed by atoms with Crippen LogP contribution in [0.1, 0.15) is 11.4 Å². The molecule has 0 bridgehead atoms. The van der Waals surface area contributed by atoms with E-state index in [2.05, 4.69) is 37.6 Å². The maximum atomic E-state index is 12.2. The maximum absolute atomic E-state index is 12.2. The van der Waals surface area contributed by atoms with E-state index in [1.807, 2.05) is 41.0 Å². The number of nitrogens with one attached hydrogen (secondary N) is 1. The lowest BCUT2D eigenvalue weighted by Gasteiger charge is -2.07. The molecular formula is C21H19ClN8OS. The smallest absolute Gasteiger partial charge is 0.250 e. The SMILES string of the molecule is C=CCn1c(Cn2nnc3ccccc32)nnc1SCC(=O)N/N=C/c1cccc(Cl)c1. The molecule has 0 aliphatic heterocycles. The first-order chi connectivity index (χ1) is 15.6. The van der Waals surface area contributed by atoms with Crippen LogP contribution >= 0.6 is 23.4 Å². The number of hydrogen-bond acceptors (Lipinski definition) is 7. The van der Waals surface area contributed by atoms with Crippen molar-refractivity contribution in [1.29, 1.82) is 0 Å². The largest absolute Gasteiger partial charge is 0.301 e. The number of nitrogens with zero attached hydrogens (tertiary/aromatic N) is 7. The topological polar surface area (TPSA) is 103 Å². The summed E-state index contributed by atoms with van der Waals surface area (Å²) in [5.41, 5.74) is 5.02. The second kappa shape index (κ2) is 10.2. The number of thioether (sulfide) groups is 1. The zero-order valence-electron chi connectivity index (χ0n) is 16.9. The number of para-hydroxylation sites is 1. The lowest BCUT2D eigenvalue weighted by Crippen LogP contribution is -2.20. The summed E-state index contributed by atoms with van der Waals surface area (Å²) in [5.74, 6) is 0.571. The van der Waals surface area contributed by atoms with Gasteiger partial charge in [0.1, 0.15) is 12.1 Å². The van der Waals surface area contributed by atoms with Gasteiger partial charge in [-0.3, -0.25) is 4.79 Å². The highest BCUT2D eigenvalue weighted by Gasteiger charge is 2.15. The molecule has 0 fully saturated rings. The van der Waals surface area contributed by atoms with Crippen LogP contribution in [0.3, 0.4) is 0 Å². The maximum Gasteiger partial charge on any atom is 0.250 e. The number of amides is 1. The van der Waals surface area contributed by atoms with E-state index >= 15 is 0 Å². The van der Waals surface area contributed by atoms with E-state index in [0.29, 0.717) is 29.1 Å². The monoisotopic (exact) mass is 466 g/mol. The molecule has 2 aromatic carbocycles. The molecule has 32 heavy (non-hydrogen) atoms. The van der Waals surface area contributed by atoms with E-state index in [9.17, 15) is 4.79 Å². The molecule has 11 heteroatoms. The van der Waals surface area contributed by atoms with Gasteiger partial charge in [-0.25, -0.2) is 10.1 Å². The Balaban J connectivity index is 1.40. The van der Waals surface area contributed by atoms with Crippen molar-refractivity contribution in [3.63, 3.8) is 0 Å². The van der Waals surface area contributed by atoms with E-state index in [1.54, 1.807) is 22.9 Å². The number of rotatable bonds is 9. The fourth-order valence-electron chi connectivity index (χ4n) is 2.95. The molecule has 0 radical (unpaired) electrons. The Kier molecular flexibility index (Phi) is 6.93. The lowest BCUT2D eigenvalue weighted by atomic mass is 10.2. The van der Waals surface area contributed by atoms with Gasteiger partial charge in [-0.2, -0.15) is 5.10 Å². The highest BCUT2D eigenvalue weighted by molar-refractivity contribution is 7.99. The Bertz CT molecular complexity index is 1280. The molecule has 162 valence electrons. The molecular weight excluding hydrogens is 448 g/mol. The molecule has 1 N–H and O–H groups in total. The van der Waals surface area contributed by atoms with Gasteiger partial charge in [0.05, 0.1) is 17.5 Å². The van der Waals surface area contributed by atoms with E-state index < -0.39 is 0 Å². The summed E-state index contributed by atoms with van der Waals surface area (Å²) in [5, 5.41) is 22.1. The summed E-state index contributed by atoms with van der Waals surface area (Å²) in [6.45, 7) is 4.71. The third-order valence-corrected chi connectivity index (χ3v) is 5.60. The summed E-state index contributed by atoms with van der Waals surface area (Å²) >= 11 is 7.21. The molecule has 2 heterocycles. The summed E-state index contributed by atoms with van der Waals surface area (Å²) in [7, 11) is 0. The Hall–Kier alpha value is -3.50. The minimum atomic E-state index is -0.259. The predicted molar refractivity (Wildman–Crippen MR) is 125 cm³/mol. The number of fused-ring (bicyclic) bond motifs is 1. The normalized spacial score (nSPS) is 11.3. The molecule has 0 atom stereocenters. The van der Waals surface area contributed by atoms with Crippen molar-refractivity contribution in [3.8, 4) is 0 Å². The Morgan fingerprint density at radius 1 is 1.19 bits per heavy atom. The van der Waals surface area contributed by atoms with Crippen LogP contribution in [0.25, 0.3) is 11.0 Å². The zero-order valence-corrected chi connectivity index (χ0v) is 18.5. The van der Waals surface area contributed by atoms with Crippen molar-refractivity contribution in [2.45, 2.75) is 18.2 Å². The van der Waals surface area contributed by atoms with E-state index in [-0.39, 0.29) is 11.7 Å². The van der Waals surface area contributed by atoms with Gasteiger partial charge in [0.25, 0.3) is 5.91 Å². The van der Waals surface area contributed by atoms with Crippen LogP contribution in [0.5, 0.6) is 0 Å². The van der Waals surface area contributed by atoms with Gasteiger partial charge in [0, 0.05) is 11.6 Å². The number of hydrogen-bond donors (Lipinski definition) is 1. The molecule has 9 nitrogen and oxygen atoms in total. The van der Waals surface area contributed by atoms with Crippen LogP contribution in [0.4, 0.5) is 0 Å². The van der Waals surface area contributed by atoms with Crippen LogP contribution in [0.2, 0.25) is 5.02 Å². The molecule has 0 saturated heterocycles. The summed E-state index contributed by atoms with van der Waals surface area (Å²) in [6.07, 6.45) is 3.29. The molecule has 2 aromatic heterocycles. The number of halogens is 1. The molecule has 4 aromatic rings. The quantitative estimate of drug-likeness (QED) is 0.176. The van der Waals surface area contributed by atoms with Crippen LogP contribution in [-0.2, 0) is 17.9 Å². The van der Waals surface area contributed by atoms with E-state index in [1.165, 1.54) is 18.0 Å². The van der Waals surface area contributed by atoms with Crippen LogP contribution in [0.15, 0.2) is 71.4 Å². The number of aromatic nitrogens is 6. The van der Waals surface area contributed by atoms with Crippen molar-refractivity contribution in [1.82, 2.24) is 35.2 Å². The third kappa shape index (κ3) is 5.21. The molecule has 0 saturated carbocycles. The minimum Gasteiger partial charge on any atom is -0.301 e. The first kappa shape index (κ1) is 21.7. The second-order valence-electron chi connectivity index (χ2n) is 6.67. The van der Waals surface area contributed by atoms with Crippen molar-refractivity contribution >= 4 is 46.5 Å². The van der Waals surface area contributed by atoms with Crippen molar-refractivity contribution in [2.24, 2.45) is 5.10 Å². The van der Waals surface area contributed by atoms with Crippen LogP contribution in [0, 0.1) is 0 Å². The number of carbonyl (C=O) groups excluding carboxylic acids is 1. The standard InChI is InChI=1S/C21H19ClN8OS/c1-2-10-29-19(13-30-18-9-4-3-8-17(18)24-28-30)25-27-21(29)32-14-20(31)26-23-12-15-6-5-7-16(22)11-15/h2-9,11-12H,1,10,13-14H2,(H,26,31)/b23-12+. The summed E-state index contributed by atoms with van der Waals surface area (Å²) < 4.78 is 3.67. The van der Waals surface area contributed by atoms with Crippen LogP contribution in [-0.4, -0.2) is 47.6 Å². The number of carbonyl (C=O) groups is 1. The van der Waals surface area contributed by atoms with Crippen molar-refractivity contribution in [2.75, 3.05) is 5.75 Å². The highest BCUT2D eigenvalue weighted by Crippen LogP contribution is 2.19. The first-order valence-electron chi connectivity index (χ1n) is 9.65. The fourth-order valence-corrected chi connectivity index (χ4v) is 3.91. The lowest BCUT2D eigenvalue weighted by molar-refractivity contribution is -0.118. The molecule has 4 rings (SSSR count). The third-order valence-electron chi connectivity index (χ3n) is 4.40. The van der Waals surface area contributed by atoms with Gasteiger partial charge in [0.15, 0.2) is 11.0 Å². The average Bonchev–Trinajstić information content (AvgIpc) is 3.37. The Labute approximate surface area is 193 Å². The van der Waals surface area contributed by atoms with Gasteiger partial charge in [-0.05, 0) is 29.8 Å². The van der Waals surface area contributed by atoms with Crippen LogP contribution < -0.4 is 5.43 Å². The summed E-state index contributed by atoms with van der Waals surface area (Å²) in [6, 6.07) is 14.9. The molecule has 1 amide bonds. The second-order valence-corrected chi connectivity index (χ2v) is 8.05. The van der Waals surface area contributed by atoms with Gasteiger partial charge in [0.2, 0.25) is 0 Å². The highest BCUT2D eigenvalue weighted by atomic mass is 35.5. The van der Waals surface area contributed by atoms with Gasteiger partial charge in [-0.15, -0.1) is 21.9 Å². The molecule has 0 spiro atoms. The Morgan fingerprint density at radius 2 is 2.06 bits per heavy atom. The number of allylic oxidation sites excluding steroid dienone is 1. The van der Waals surface area contributed by atoms with E-state index in [4.69, 9.17) is 11.6 Å². The van der Waals surface area contributed by atoms with E-state index in [0.717, 1.165) is 16.6 Å². The van der Waals surface area contributed by atoms with Crippen molar-refractivity contribution in [3.05, 3.63) is 77.6 Å².